The number of hydrogen-bond donors (Lipinski definition) is 0. The van der Waals surface area contributed by atoms with E-state index in [1.54, 1.807) is 6.08 Å². The number of hydrogen-bond acceptors (Lipinski definition) is 1. The van der Waals surface area contributed by atoms with E-state index in [-0.39, 0.29) is 0 Å². The van der Waals surface area contributed by atoms with Gasteiger partial charge in [-0.15, -0.1) is 0 Å². The molecule has 2 rings (SSSR count). The van der Waals surface area contributed by atoms with Crippen LogP contribution in [0.4, 0.5) is 0 Å². The Bertz CT molecular complexity index is 474. The van der Waals surface area contributed by atoms with Crippen LogP contribution in [-0.4, -0.2) is 6.61 Å². The van der Waals surface area contributed by atoms with Crippen molar-refractivity contribution in [3.05, 3.63) is 78.4 Å². The lowest BCUT2D eigenvalue weighted by molar-refractivity contribution is 0.363. The molecule has 1 nitrogen and oxygen atoms in total. The van der Waals surface area contributed by atoms with Gasteiger partial charge < -0.3 is 4.74 Å². The summed E-state index contributed by atoms with van der Waals surface area (Å²) in [6, 6.07) is 18.6. The van der Waals surface area contributed by atoms with Crippen molar-refractivity contribution >= 4 is 0 Å². The third-order valence-corrected chi connectivity index (χ3v) is 2.52. The molecule has 0 saturated carbocycles. The molecule has 17 heavy (non-hydrogen) atoms. The molecule has 0 heterocycles. The molecule has 0 fully saturated rings. The summed E-state index contributed by atoms with van der Waals surface area (Å²) in [6.45, 7) is 4.19. The molecule has 0 spiro atoms. The highest BCUT2D eigenvalue weighted by atomic mass is 16.5. The lowest BCUT2D eigenvalue weighted by atomic mass is 10.1. The predicted octanol–water partition coefficient (Wildman–Crippen LogP) is 3.84. The van der Waals surface area contributed by atoms with Gasteiger partial charge in [0, 0.05) is 0 Å². The van der Waals surface area contributed by atoms with Crippen LogP contribution in [0.3, 0.4) is 0 Å². The number of ether oxygens (including phenoxy) is 1. The molecule has 2 aromatic rings. The first kappa shape index (κ1) is 11.5. The zero-order valence-corrected chi connectivity index (χ0v) is 9.80. The Kier molecular flexibility index (Phi) is 3.98. The second-order valence-electron chi connectivity index (χ2n) is 3.91. The molecular weight excluding hydrogens is 208 g/mol. The van der Waals surface area contributed by atoms with E-state index in [1.807, 2.05) is 18.2 Å². The molecular formula is C16H16O. The Labute approximate surface area is 102 Å². The zero-order chi connectivity index (χ0) is 11.9. The normalized spacial score (nSPS) is 9.88. The molecule has 0 bridgehead atoms. The highest BCUT2D eigenvalue weighted by Gasteiger charge is 1.98. The third kappa shape index (κ3) is 3.49. The topological polar surface area (TPSA) is 9.23 Å². The van der Waals surface area contributed by atoms with Crippen molar-refractivity contribution in [1.29, 1.82) is 0 Å². The van der Waals surface area contributed by atoms with Crippen LogP contribution in [0.25, 0.3) is 0 Å². The van der Waals surface area contributed by atoms with Crippen molar-refractivity contribution in [2.24, 2.45) is 0 Å². The summed E-state index contributed by atoms with van der Waals surface area (Å²) in [5, 5.41) is 0. The average Bonchev–Trinajstić information content (AvgIpc) is 2.38. The first-order valence-corrected chi connectivity index (χ1v) is 5.75. The Hall–Kier alpha value is -2.02. The molecule has 0 amide bonds. The molecule has 0 unspecified atom stereocenters. The van der Waals surface area contributed by atoms with Gasteiger partial charge in [-0.25, -0.2) is 0 Å². The smallest absolute Gasteiger partial charge is 0.120 e. The number of benzene rings is 2. The van der Waals surface area contributed by atoms with Crippen molar-refractivity contribution in [1.82, 2.24) is 0 Å². The Morgan fingerprint density at radius 1 is 0.941 bits per heavy atom. The Balaban J connectivity index is 2.08. The summed E-state index contributed by atoms with van der Waals surface area (Å²) in [4.78, 5) is 0. The summed E-state index contributed by atoms with van der Waals surface area (Å²) in [7, 11) is 0. The molecule has 0 N–H and O–H groups in total. The first-order chi connectivity index (χ1) is 8.38. The van der Waals surface area contributed by atoms with E-state index < -0.39 is 0 Å². The van der Waals surface area contributed by atoms with E-state index in [0.717, 1.165) is 12.2 Å². The van der Waals surface area contributed by atoms with Gasteiger partial charge in [0.15, 0.2) is 0 Å². The highest BCUT2D eigenvalue weighted by molar-refractivity contribution is 5.32. The SMILES string of the molecule is C=CCOc1cccc(Cc2ccccc2)c1. The van der Waals surface area contributed by atoms with Crippen LogP contribution in [0.2, 0.25) is 0 Å². The number of rotatable bonds is 5. The van der Waals surface area contributed by atoms with Crippen LogP contribution in [0.5, 0.6) is 5.75 Å². The van der Waals surface area contributed by atoms with Gasteiger partial charge in [0.05, 0.1) is 0 Å². The largest absolute Gasteiger partial charge is 0.490 e. The fourth-order valence-corrected chi connectivity index (χ4v) is 1.73. The van der Waals surface area contributed by atoms with Crippen LogP contribution < -0.4 is 4.74 Å². The summed E-state index contributed by atoms with van der Waals surface area (Å²) in [5.74, 6) is 0.901. The second-order valence-corrected chi connectivity index (χ2v) is 3.91. The molecule has 0 aliphatic carbocycles. The molecule has 0 aliphatic heterocycles. The van der Waals surface area contributed by atoms with Crippen molar-refractivity contribution in [3.63, 3.8) is 0 Å². The molecule has 2 aromatic carbocycles. The molecule has 0 saturated heterocycles. The minimum atomic E-state index is 0.550. The molecule has 0 atom stereocenters. The van der Waals surface area contributed by atoms with Crippen molar-refractivity contribution < 1.29 is 4.74 Å². The first-order valence-electron chi connectivity index (χ1n) is 5.75. The maximum absolute atomic E-state index is 5.52. The van der Waals surface area contributed by atoms with Gasteiger partial charge in [0.25, 0.3) is 0 Å². The van der Waals surface area contributed by atoms with Crippen LogP contribution >= 0.6 is 0 Å². The Morgan fingerprint density at radius 2 is 1.71 bits per heavy atom. The van der Waals surface area contributed by atoms with Gasteiger partial charge in [-0.3, -0.25) is 0 Å². The van der Waals surface area contributed by atoms with E-state index in [9.17, 15) is 0 Å². The molecule has 0 aliphatic rings. The Morgan fingerprint density at radius 3 is 2.47 bits per heavy atom. The molecule has 0 radical (unpaired) electrons. The third-order valence-electron chi connectivity index (χ3n) is 2.52. The van der Waals surface area contributed by atoms with Crippen LogP contribution in [0.15, 0.2) is 67.3 Å². The molecule has 86 valence electrons. The fourth-order valence-electron chi connectivity index (χ4n) is 1.73. The van der Waals surface area contributed by atoms with E-state index in [2.05, 4.69) is 43.0 Å². The van der Waals surface area contributed by atoms with E-state index in [1.165, 1.54) is 11.1 Å². The van der Waals surface area contributed by atoms with Gasteiger partial charge in [0.2, 0.25) is 0 Å². The van der Waals surface area contributed by atoms with Crippen LogP contribution in [0, 0.1) is 0 Å². The fraction of sp³-hybridized carbons (Fsp3) is 0.125. The van der Waals surface area contributed by atoms with E-state index >= 15 is 0 Å². The summed E-state index contributed by atoms with van der Waals surface area (Å²) < 4.78 is 5.52. The lowest BCUT2D eigenvalue weighted by Crippen LogP contribution is -1.94. The van der Waals surface area contributed by atoms with Gasteiger partial charge in [-0.05, 0) is 29.7 Å². The monoisotopic (exact) mass is 224 g/mol. The summed E-state index contributed by atoms with van der Waals surface area (Å²) >= 11 is 0. The second kappa shape index (κ2) is 5.90. The zero-order valence-electron chi connectivity index (χ0n) is 9.80. The van der Waals surface area contributed by atoms with Crippen LogP contribution in [-0.2, 0) is 6.42 Å². The summed E-state index contributed by atoms with van der Waals surface area (Å²) in [6.07, 6.45) is 2.69. The quantitative estimate of drug-likeness (QED) is 0.701. The van der Waals surface area contributed by atoms with Crippen molar-refractivity contribution in [2.45, 2.75) is 6.42 Å². The van der Waals surface area contributed by atoms with Crippen molar-refractivity contribution in [3.8, 4) is 5.75 Å². The van der Waals surface area contributed by atoms with Gasteiger partial charge in [0.1, 0.15) is 12.4 Å². The minimum absolute atomic E-state index is 0.550. The van der Waals surface area contributed by atoms with Gasteiger partial charge in [-0.2, -0.15) is 0 Å². The molecule has 0 aromatic heterocycles. The maximum atomic E-state index is 5.52. The average molecular weight is 224 g/mol. The highest BCUT2D eigenvalue weighted by Crippen LogP contribution is 2.16. The predicted molar refractivity (Wildman–Crippen MR) is 71.4 cm³/mol. The lowest BCUT2D eigenvalue weighted by Gasteiger charge is -2.06. The van der Waals surface area contributed by atoms with Crippen molar-refractivity contribution in [2.75, 3.05) is 6.61 Å². The standard InChI is InChI=1S/C16H16O/c1-2-11-17-16-10-6-9-15(13-16)12-14-7-4-3-5-8-14/h2-10,13H,1,11-12H2. The maximum Gasteiger partial charge on any atom is 0.120 e. The summed E-state index contributed by atoms with van der Waals surface area (Å²) in [5.41, 5.74) is 2.58. The van der Waals surface area contributed by atoms with Crippen LogP contribution in [0.1, 0.15) is 11.1 Å². The minimum Gasteiger partial charge on any atom is -0.490 e. The van der Waals surface area contributed by atoms with E-state index in [4.69, 9.17) is 4.74 Å². The molecule has 1 heteroatoms. The van der Waals surface area contributed by atoms with E-state index in [0.29, 0.717) is 6.61 Å². The van der Waals surface area contributed by atoms with Gasteiger partial charge >= 0.3 is 0 Å². The van der Waals surface area contributed by atoms with Gasteiger partial charge in [-0.1, -0.05) is 55.1 Å².